The molecule has 1 atom stereocenters. The third kappa shape index (κ3) is 16.5. The number of para-hydroxylation sites is 1. The van der Waals surface area contributed by atoms with Crippen molar-refractivity contribution in [3.63, 3.8) is 0 Å². The molecule has 1 aliphatic rings. The maximum absolute atomic E-state index is 13.8. The number of hydrogen-bond donors (Lipinski definition) is 1. The minimum absolute atomic E-state index is 0.0655. The molecule has 1 aliphatic heterocycles. The van der Waals surface area contributed by atoms with Gasteiger partial charge in [-0.2, -0.15) is 0 Å². The molecule has 1 unspecified atom stereocenters. The van der Waals surface area contributed by atoms with Gasteiger partial charge in [0, 0.05) is 84.9 Å². The van der Waals surface area contributed by atoms with Crippen LogP contribution in [-0.2, 0) is 4.79 Å². The first-order valence-corrected chi connectivity index (χ1v) is 19.4. The monoisotopic (exact) mass is 851 g/mol. The molecular weight excluding hydrogens is 819 g/mol. The summed E-state index contributed by atoms with van der Waals surface area (Å²) in [7, 11) is 3.89. The molecule has 0 spiro atoms. The average Bonchev–Trinajstić information content (AvgIpc) is 3.92. The quantitative estimate of drug-likeness (QED) is 0.224. The van der Waals surface area contributed by atoms with Gasteiger partial charge < -0.3 is 20.3 Å². The molecule has 3 heterocycles. The lowest BCUT2D eigenvalue weighted by Crippen LogP contribution is -2.31. The van der Waals surface area contributed by atoms with Crippen LogP contribution in [0.1, 0.15) is 19.4 Å². The highest BCUT2D eigenvalue weighted by Gasteiger charge is 2.31. The number of rotatable bonds is 7. The van der Waals surface area contributed by atoms with Crippen LogP contribution in [0.2, 0.25) is 0 Å². The van der Waals surface area contributed by atoms with Gasteiger partial charge in [-0.05, 0) is 159 Å². The molecule has 2 aromatic heterocycles. The molecule has 10 nitrogen and oxygen atoms in total. The van der Waals surface area contributed by atoms with E-state index in [4.69, 9.17) is 16.9 Å². The number of nitrogen functional groups attached to an aromatic ring is 1. The maximum atomic E-state index is 13.8. The van der Waals surface area contributed by atoms with E-state index in [1.165, 1.54) is 10.9 Å². The zero-order valence-electron chi connectivity index (χ0n) is 35.9. The number of hydrogen-bond acceptors (Lipinski definition) is 7. The van der Waals surface area contributed by atoms with Gasteiger partial charge in [0.25, 0.3) is 0 Å². The van der Waals surface area contributed by atoms with Crippen LogP contribution in [-0.4, -0.2) is 68.5 Å². The smallest absolute Gasteiger partial charge is 0.335 e. The molecule has 0 aliphatic carbocycles. The fourth-order valence-electron chi connectivity index (χ4n) is 5.36. The minimum Gasteiger partial charge on any atom is -0.457 e. The van der Waals surface area contributed by atoms with E-state index >= 15 is 0 Å². The first-order chi connectivity index (χ1) is 32.3. The van der Waals surface area contributed by atoms with Gasteiger partial charge >= 0.3 is 5.69 Å². The summed E-state index contributed by atoms with van der Waals surface area (Å²) in [6.45, 7) is 3.35. The van der Waals surface area contributed by atoms with Crippen LogP contribution in [0.4, 0.5) is 5.82 Å². The van der Waals surface area contributed by atoms with Crippen molar-refractivity contribution in [2.45, 2.75) is 19.4 Å². The third-order valence-electron chi connectivity index (χ3n) is 8.02. The Kier molecular flexibility index (Phi) is 20.4. The Labute approximate surface area is 385 Å². The van der Waals surface area contributed by atoms with E-state index in [9.17, 15) is 9.59 Å². The van der Waals surface area contributed by atoms with E-state index < -0.39 is 0 Å². The number of carbonyl (C=O) groups excluding carboxylic acids is 1. The number of aromatic nitrogens is 4. The fourth-order valence-corrected chi connectivity index (χ4v) is 5.36. The molecule has 1 saturated heterocycles. The van der Waals surface area contributed by atoms with Gasteiger partial charge in [-0.25, -0.2) is 14.8 Å². The normalized spacial score (nSPS) is 10.5. The van der Waals surface area contributed by atoms with Gasteiger partial charge in [0.2, 0.25) is 5.91 Å². The predicted molar refractivity (Wildman–Crippen MR) is 258 cm³/mol. The summed E-state index contributed by atoms with van der Waals surface area (Å²) in [4.78, 5) is 38.7. The van der Waals surface area contributed by atoms with Crippen molar-refractivity contribution in [2.24, 2.45) is 0 Å². The molecule has 4 aromatic rings. The first kappa shape index (κ1) is 48.1. The third-order valence-corrected chi connectivity index (χ3v) is 8.02. The Hall–Kier alpha value is -10.6. The number of imidazole rings is 1. The summed E-state index contributed by atoms with van der Waals surface area (Å²) >= 11 is 0. The number of likely N-dealkylation sites (N-methyl/N-ethyl adjacent to an activating group) is 1. The lowest BCUT2D eigenvalue weighted by Gasteiger charge is -2.15. The summed E-state index contributed by atoms with van der Waals surface area (Å²) in [5.74, 6) is 68.4. The second kappa shape index (κ2) is 28.0. The molecule has 0 radical (unpaired) electrons. The van der Waals surface area contributed by atoms with Crippen LogP contribution >= 0.6 is 0 Å². The molecule has 5 rings (SSSR count). The molecular formula is C56H33N7O3. The average molecular weight is 852 g/mol. The van der Waals surface area contributed by atoms with E-state index in [0.717, 1.165) is 5.75 Å². The van der Waals surface area contributed by atoms with Crippen LogP contribution in [0.5, 0.6) is 11.5 Å². The highest BCUT2D eigenvalue weighted by molar-refractivity contribution is 5.88. The molecule has 1 amide bonds. The standard InChI is InChI=1S/C29H4.C27H29N7O3/c1-3-5-7-9-11-13-15-17-19-21-23-25-27-29-28-26-24-22-20-18-16-14-12-10-8-6-4-2;1-31(2)15-6-9-23(35)32-16-14-20(17-32)34-26-24(25(28)29-18-30-26)33(27(34)36)19-10-12-22(13-11-19)37-21-7-4-3-5-8-21/h1H,2H3;3-13,18,20H,14-17H2,1-2H3,(H2,28,29,30)/b;9-6+. The Morgan fingerprint density at radius 1 is 0.727 bits per heavy atom. The first-order valence-electron chi connectivity index (χ1n) is 19.4. The summed E-state index contributed by atoms with van der Waals surface area (Å²) < 4.78 is 9.05. The largest absolute Gasteiger partial charge is 0.457 e. The van der Waals surface area contributed by atoms with Crippen molar-refractivity contribution in [1.82, 2.24) is 28.9 Å². The zero-order valence-corrected chi connectivity index (χ0v) is 35.9. The van der Waals surface area contributed by atoms with Gasteiger partial charge in [-0.3, -0.25) is 13.9 Å². The van der Waals surface area contributed by atoms with E-state index in [1.54, 1.807) is 46.7 Å². The van der Waals surface area contributed by atoms with Gasteiger partial charge in [-0.1, -0.05) is 30.2 Å². The number of fused-ring (bicyclic) bond motifs is 1. The number of nitrogens with zero attached hydrogens (tertiary/aromatic N) is 6. The summed E-state index contributed by atoms with van der Waals surface area (Å²) in [5.41, 5.74) is 7.47. The van der Waals surface area contributed by atoms with E-state index in [-0.39, 0.29) is 23.5 Å². The zero-order chi connectivity index (χ0) is 47.0. The van der Waals surface area contributed by atoms with Crippen molar-refractivity contribution in [2.75, 3.05) is 39.5 Å². The lowest BCUT2D eigenvalue weighted by molar-refractivity contribution is -0.125. The Morgan fingerprint density at radius 2 is 1.21 bits per heavy atom. The summed E-state index contributed by atoms with van der Waals surface area (Å²) in [6.07, 6.45) is 10.3. The van der Waals surface area contributed by atoms with Crippen LogP contribution in [0.15, 0.2) is 77.9 Å². The number of benzene rings is 2. The number of anilines is 1. The van der Waals surface area contributed by atoms with Gasteiger partial charge in [0.1, 0.15) is 23.3 Å². The number of carbonyl (C=O) groups is 1. The van der Waals surface area contributed by atoms with Crippen LogP contribution in [0, 0.1) is 166 Å². The summed E-state index contributed by atoms with van der Waals surface area (Å²) in [6, 6.07) is 16.4. The molecule has 0 saturated carbocycles. The molecule has 2 aromatic carbocycles. The van der Waals surface area contributed by atoms with E-state index in [2.05, 4.69) is 170 Å². The van der Waals surface area contributed by atoms with Crippen molar-refractivity contribution in [3.8, 4) is 183 Å². The van der Waals surface area contributed by atoms with Crippen molar-refractivity contribution < 1.29 is 9.53 Å². The fraction of sp³-hybridized carbons (Fsp3) is 0.143. The Balaban J connectivity index is 0.000000300. The van der Waals surface area contributed by atoms with Gasteiger partial charge in [0.15, 0.2) is 11.5 Å². The van der Waals surface area contributed by atoms with Crippen molar-refractivity contribution >= 4 is 22.9 Å². The maximum Gasteiger partial charge on any atom is 0.335 e. The predicted octanol–water partition coefficient (Wildman–Crippen LogP) is 3.53. The molecule has 2 N–H and O–H groups in total. The minimum atomic E-state index is -0.277. The second-order valence-electron chi connectivity index (χ2n) is 12.7. The van der Waals surface area contributed by atoms with E-state index in [0.29, 0.717) is 48.7 Å². The Morgan fingerprint density at radius 3 is 1.70 bits per heavy atom. The SMILES string of the molecule is C#CC#CC#CC#CC#CC#CC#CC#CC#CC#CC#CC#CC#CC#CC.CN(C)C/C=C/C(=O)N1CCC(n2c(=O)n(-c3ccc(Oc4ccccc4)cc3)c3c(N)ncnc32)C1. The highest BCUT2D eigenvalue weighted by atomic mass is 16.5. The lowest BCUT2D eigenvalue weighted by atomic mass is 10.2. The molecule has 0 bridgehead atoms. The van der Waals surface area contributed by atoms with Crippen LogP contribution < -0.4 is 16.2 Å². The number of terminal acetylenes is 1. The number of likely N-dealkylation sites (tertiary alicyclic amines) is 1. The number of nitrogens with two attached hydrogens (primary N) is 1. The molecule has 66 heavy (non-hydrogen) atoms. The van der Waals surface area contributed by atoms with Gasteiger partial charge in [0.05, 0.1) is 11.7 Å². The number of ether oxygens (including phenoxy) is 1. The highest BCUT2D eigenvalue weighted by Crippen LogP contribution is 2.29. The Bertz CT molecular complexity index is 3490. The van der Waals surface area contributed by atoms with Crippen molar-refractivity contribution in [1.29, 1.82) is 0 Å². The van der Waals surface area contributed by atoms with Gasteiger partial charge in [-0.15, -0.1) is 6.42 Å². The summed E-state index contributed by atoms with van der Waals surface area (Å²) in [5, 5.41) is 0. The van der Waals surface area contributed by atoms with Crippen molar-refractivity contribution in [3.05, 3.63) is 83.6 Å². The topological polar surface area (TPSA) is 112 Å². The molecule has 1 fully saturated rings. The van der Waals surface area contributed by atoms with Crippen LogP contribution in [0.3, 0.4) is 0 Å². The molecule has 310 valence electrons. The number of amides is 1. The van der Waals surface area contributed by atoms with Crippen LogP contribution in [0.25, 0.3) is 16.9 Å². The second-order valence-corrected chi connectivity index (χ2v) is 12.7. The van der Waals surface area contributed by atoms with E-state index in [1.807, 2.05) is 55.4 Å². The molecule has 10 heteroatoms.